The van der Waals surface area contributed by atoms with Crippen molar-refractivity contribution in [3.8, 4) is 11.5 Å². The van der Waals surface area contributed by atoms with Crippen molar-refractivity contribution < 1.29 is 20.4 Å². The maximum Gasteiger partial charge on any atom is 0.122 e. The Kier molecular flexibility index (Phi) is 5.88. The standard InChI is InChI=1S/C26H26O4/c27-23(21-13-17-7-1-3-9-19(17)15-25(21)29)11-5-6-12-24(28)22-14-18-8-2-4-10-20(18)16-26(22)30/h1-4,7-10,13-16,23-24,27-30H,5-6,11-12H2. The molecule has 4 heteroatoms. The summed E-state index contributed by atoms with van der Waals surface area (Å²) in [5.74, 6) is 0.199. The quantitative estimate of drug-likeness (QED) is 0.298. The van der Waals surface area contributed by atoms with Gasteiger partial charge in [-0.05, 0) is 58.7 Å². The van der Waals surface area contributed by atoms with Crippen molar-refractivity contribution in [3.63, 3.8) is 0 Å². The highest BCUT2D eigenvalue weighted by Gasteiger charge is 2.16. The number of aromatic hydroxyl groups is 2. The molecule has 0 aliphatic rings. The second kappa shape index (κ2) is 8.74. The van der Waals surface area contributed by atoms with Crippen LogP contribution in [0.4, 0.5) is 0 Å². The van der Waals surface area contributed by atoms with Crippen molar-refractivity contribution in [1.82, 2.24) is 0 Å². The molecule has 4 aromatic carbocycles. The van der Waals surface area contributed by atoms with E-state index >= 15 is 0 Å². The van der Waals surface area contributed by atoms with Gasteiger partial charge in [-0.15, -0.1) is 0 Å². The Bertz CT molecular complexity index is 1070. The molecule has 0 spiro atoms. The Morgan fingerprint density at radius 1 is 0.533 bits per heavy atom. The van der Waals surface area contributed by atoms with Gasteiger partial charge in [-0.3, -0.25) is 0 Å². The van der Waals surface area contributed by atoms with E-state index in [-0.39, 0.29) is 11.5 Å². The van der Waals surface area contributed by atoms with Crippen LogP contribution >= 0.6 is 0 Å². The number of phenolic OH excluding ortho intramolecular Hbond substituents is 2. The lowest BCUT2D eigenvalue weighted by molar-refractivity contribution is 0.143. The van der Waals surface area contributed by atoms with Gasteiger partial charge < -0.3 is 20.4 Å². The number of fused-ring (bicyclic) bond motifs is 2. The Balaban J connectivity index is 1.36. The minimum atomic E-state index is -0.763. The number of phenols is 2. The SMILES string of the molecule is Oc1cc2ccccc2cc1C(O)CCCCC(O)c1cc2ccccc2cc1O. The van der Waals surface area contributed by atoms with Gasteiger partial charge in [0.1, 0.15) is 11.5 Å². The van der Waals surface area contributed by atoms with E-state index in [0.29, 0.717) is 36.8 Å². The summed E-state index contributed by atoms with van der Waals surface area (Å²) in [4.78, 5) is 0. The normalized spacial score (nSPS) is 13.5. The third kappa shape index (κ3) is 4.25. The van der Waals surface area contributed by atoms with Gasteiger partial charge in [-0.25, -0.2) is 0 Å². The highest BCUT2D eigenvalue weighted by atomic mass is 16.3. The number of rotatable bonds is 7. The first-order valence-electron chi connectivity index (χ1n) is 10.3. The molecular formula is C26H26O4. The summed E-state index contributed by atoms with van der Waals surface area (Å²) in [5.41, 5.74) is 1.06. The topological polar surface area (TPSA) is 80.9 Å². The molecule has 0 heterocycles. The van der Waals surface area contributed by atoms with Gasteiger partial charge in [0.25, 0.3) is 0 Å². The Labute approximate surface area is 175 Å². The van der Waals surface area contributed by atoms with E-state index in [9.17, 15) is 20.4 Å². The molecule has 2 unspecified atom stereocenters. The average molecular weight is 402 g/mol. The van der Waals surface area contributed by atoms with Crippen LogP contribution in [-0.2, 0) is 0 Å². The van der Waals surface area contributed by atoms with Crippen LogP contribution < -0.4 is 0 Å². The molecule has 0 aliphatic heterocycles. The van der Waals surface area contributed by atoms with Crippen LogP contribution in [0.1, 0.15) is 49.0 Å². The number of hydrogen-bond donors (Lipinski definition) is 4. The first-order chi connectivity index (χ1) is 14.5. The number of unbranched alkanes of at least 4 members (excludes halogenated alkanes) is 1. The molecule has 0 bridgehead atoms. The van der Waals surface area contributed by atoms with E-state index in [1.165, 1.54) is 0 Å². The van der Waals surface area contributed by atoms with Crippen molar-refractivity contribution in [2.24, 2.45) is 0 Å². The zero-order chi connectivity index (χ0) is 21.1. The van der Waals surface area contributed by atoms with Gasteiger partial charge in [0, 0.05) is 11.1 Å². The first kappa shape index (κ1) is 20.2. The number of aliphatic hydroxyl groups is 2. The summed E-state index contributed by atoms with van der Waals surface area (Å²) in [6.07, 6.45) is 0.837. The Morgan fingerprint density at radius 2 is 0.867 bits per heavy atom. The van der Waals surface area contributed by atoms with E-state index in [4.69, 9.17) is 0 Å². The molecule has 0 aromatic heterocycles. The van der Waals surface area contributed by atoms with Crippen molar-refractivity contribution in [3.05, 3.63) is 83.9 Å². The lowest BCUT2D eigenvalue weighted by Gasteiger charge is -2.16. The molecule has 30 heavy (non-hydrogen) atoms. The fourth-order valence-electron chi connectivity index (χ4n) is 4.01. The summed E-state index contributed by atoms with van der Waals surface area (Å²) in [6, 6.07) is 22.5. The van der Waals surface area contributed by atoms with E-state index in [1.807, 2.05) is 60.7 Å². The number of aliphatic hydroxyl groups excluding tert-OH is 2. The largest absolute Gasteiger partial charge is 0.508 e. The summed E-state index contributed by atoms with van der Waals surface area (Å²) in [6.45, 7) is 0. The third-order valence-corrected chi connectivity index (χ3v) is 5.71. The molecule has 4 rings (SSSR count). The first-order valence-corrected chi connectivity index (χ1v) is 10.3. The van der Waals surface area contributed by atoms with E-state index in [2.05, 4.69) is 0 Å². The second-order valence-corrected chi connectivity index (χ2v) is 7.83. The lowest BCUT2D eigenvalue weighted by atomic mass is 9.96. The van der Waals surface area contributed by atoms with Crippen LogP contribution in [-0.4, -0.2) is 20.4 Å². The highest BCUT2D eigenvalue weighted by molar-refractivity contribution is 5.85. The Morgan fingerprint density at radius 3 is 1.23 bits per heavy atom. The van der Waals surface area contributed by atoms with Gasteiger partial charge in [0.2, 0.25) is 0 Å². The molecular weight excluding hydrogens is 376 g/mol. The predicted molar refractivity (Wildman–Crippen MR) is 120 cm³/mol. The van der Waals surface area contributed by atoms with E-state index < -0.39 is 12.2 Å². The fraction of sp³-hybridized carbons (Fsp3) is 0.231. The van der Waals surface area contributed by atoms with Crippen LogP contribution in [0.15, 0.2) is 72.8 Å². The number of hydrogen-bond acceptors (Lipinski definition) is 4. The lowest BCUT2D eigenvalue weighted by Crippen LogP contribution is -2.01. The highest BCUT2D eigenvalue weighted by Crippen LogP contribution is 2.34. The van der Waals surface area contributed by atoms with Crippen LogP contribution in [0.2, 0.25) is 0 Å². The van der Waals surface area contributed by atoms with Crippen molar-refractivity contribution in [2.75, 3.05) is 0 Å². The monoisotopic (exact) mass is 402 g/mol. The summed E-state index contributed by atoms with van der Waals surface area (Å²) >= 11 is 0. The molecule has 0 saturated heterocycles. The Hall–Kier alpha value is -3.08. The van der Waals surface area contributed by atoms with Crippen molar-refractivity contribution in [2.45, 2.75) is 37.9 Å². The molecule has 154 valence electrons. The molecule has 0 fully saturated rings. The van der Waals surface area contributed by atoms with E-state index in [1.54, 1.807) is 12.1 Å². The zero-order valence-electron chi connectivity index (χ0n) is 16.7. The molecule has 0 amide bonds. The molecule has 0 saturated carbocycles. The van der Waals surface area contributed by atoms with Gasteiger partial charge in [0.05, 0.1) is 12.2 Å². The average Bonchev–Trinajstić information content (AvgIpc) is 2.75. The minimum Gasteiger partial charge on any atom is -0.508 e. The smallest absolute Gasteiger partial charge is 0.122 e. The molecule has 0 aliphatic carbocycles. The van der Waals surface area contributed by atoms with Gasteiger partial charge >= 0.3 is 0 Å². The number of benzene rings is 4. The minimum absolute atomic E-state index is 0.0994. The molecule has 4 aromatic rings. The van der Waals surface area contributed by atoms with Crippen LogP contribution in [0, 0.1) is 0 Å². The molecule has 4 N–H and O–H groups in total. The zero-order valence-corrected chi connectivity index (χ0v) is 16.7. The van der Waals surface area contributed by atoms with Crippen LogP contribution in [0.25, 0.3) is 21.5 Å². The van der Waals surface area contributed by atoms with Crippen LogP contribution in [0.3, 0.4) is 0 Å². The van der Waals surface area contributed by atoms with Gasteiger partial charge in [-0.1, -0.05) is 61.4 Å². The summed E-state index contributed by atoms with van der Waals surface area (Å²) < 4.78 is 0. The maximum absolute atomic E-state index is 10.5. The maximum atomic E-state index is 10.5. The molecule has 2 atom stereocenters. The van der Waals surface area contributed by atoms with Crippen LogP contribution in [0.5, 0.6) is 11.5 Å². The molecule has 0 radical (unpaired) electrons. The van der Waals surface area contributed by atoms with Gasteiger partial charge in [0.15, 0.2) is 0 Å². The van der Waals surface area contributed by atoms with Crippen molar-refractivity contribution in [1.29, 1.82) is 0 Å². The predicted octanol–water partition coefficient (Wildman–Crippen LogP) is 5.73. The fourth-order valence-corrected chi connectivity index (χ4v) is 4.01. The van der Waals surface area contributed by atoms with E-state index in [0.717, 1.165) is 21.5 Å². The summed E-state index contributed by atoms with van der Waals surface area (Å²) in [7, 11) is 0. The molecule has 4 nitrogen and oxygen atoms in total. The second-order valence-electron chi connectivity index (χ2n) is 7.83. The third-order valence-electron chi connectivity index (χ3n) is 5.71. The van der Waals surface area contributed by atoms with Gasteiger partial charge in [-0.2, -0.15) is 0 Å². The summed E-state index contributed by atoms with van der Waals surface area (Å²) in [5, 5.41) is 45.4. The van der Waals surface area contributed by atoms with Crippen molar-refractivity contribution >= 4 is 21.5 Å².